The van der Waals surface area contributed by atoms with Crippen molar-refractivity contribution in [2.75, 3.05) is 0 Å². The van der Waals surface area contributed by atoms with E-state index in [2.05, 4.69) is 21.9 Å². The summed E-state index contributed by atoms with van der Waals surface area (Å²) in [5.74, 6) is 2.78. The van der Waals surface area contributed by atoms with Gasteiger partial charge in [0.2, 0.25) is 0 Å². The molecule has 3 aromatic heterocycles. The van der Waals surface area contributed by atoms with Crippen molar-refractivity contribution in [1.82, 2.24) is 24.9 Å². The highest BCUT2D eigenvalue weighted by molar-refractivity contribution is 5.91. The summed E-state index contributed by atoms with van der Waals surface area (Å²) >= 11 is 0. The molecule has 0 radical (unpaired) electrons. The molecule has 4 aromatic rings. The largest absolute Gasteiger partial charge is 0.345 e. The van der Waals surface area contributed by atoms with Crippen LogP contribution in [0.15, 0.2) is 49.1 Å². The first-order valence-corrected chi connectivity index (χ1v) is 11.6. The lowest BCUT2D eigenvalue weighted by atomic mass is 9.58. The molecule has 3 fully saturated rings. The molecule has 3 saturated carbocycles. The topological polar surface area (TPSA) is 67.3 Å². The van der Waals surface area contributed by atoms with Gasteiger partial charge >= 0.3 is 0 Å². The number of halogens is 1. The van der Waals surface area contributed by atoms with Gasteiger partial charge in [0.05, 0.1) is 5.69 Å². The number of aromatic amines is 1. The van der Waals surface area contributed by atoms with E-state index in [4.69, 9.17) is 9.97 Å². The summed E-state index contributed by atoms with van der Waals surface area (Å²) in [5.41, 5.74) is 3.19. The van der Waals surface area contributed by atoms with Crippen LogP contribution in [-0.4, -0.2) is 24.9 Å². The Labute approximate surface area is 186 Å². The van der Waals surface area contributed by atoms with Crippen molar-refractivity contribution >= 4 is 11.0 Å². The Balaban J connectivity index is 1.49. The van der Waals surface area contributed by atoms with Crippen molar-refractivity contribution in [2.24, 2.45) is 23.7 Å². The third-order valence-corrected chi connectivity index (χ3v) is 7.83. The zero-order valence-electron chi connectivity index (χ0n) is 18.1. The number of hydrogen-bond donors (Lipinski definition) is 1. The third kappa shape index (κ3) is 3.20. The number of benzene rings is 1. The van der Waals surface area contributed by atoms with E-state index in [1.807, 2.05) is 36.5 Å². The van der Waals surface area contributed by atoms with Crippen molar-refractivity contribution in [3.63, 3.8) is 0 Å². The van der Waals surface area contributed by atoms with Gasteiger partial charge in [-0.1, -0.05) is 37.3 Å². The van der Waals surface area contributed by atoms with Crippen LogP contribution in [0.3, 0.4) is 0 Å². The Morgan fingerprint density at radius 2 is 1.81 bits per heavy atom. The van der Waals surface area contributed by atoms with Crippen LogP contribution in [0, 0.1) is 29.5 Å². The van der Waals surface area contributed by atoms with E-state index >= 15 is 4.39 Å². The van der Waals surface area contributed by atoms with Crippen LogP contribution >= 0.6 is 0 Å². The Morgan fingerprint density at radius 3 is 2.59 bits per heavy atom. The molecule has 5 nitrogen and oxygen atoms in total. The second kappa shape index (κ2) is 7.76. The first kappa shape index (κ1) is 19.5. The molecule has 3 aliphatic rings. The molecule has 0 aliphatic heterocycles. The molecular formula is C26H26FN5. The average Bonchev–Trinajstić information content (AvgIpc) is 3.27. The maximum atomic E-state index is 15.9. The number of fused-ring (bicyclic) bond motifs is 4. The normalized spacial score (nSPS) is 24.8. The molecule has 1 aromatic carbocycles. The van der Waals surface area contributed by atoms with Gasteiger partial charge in [-0.15, -0.1) is 0 Å². The number of rotatable bonds is 4. The fourth-order valence-electron chi connectivity index (χ4n) is 6.04. The molecule has 2 bridgehead atoms. The van der Waals surface area contributed by atoms with Crippen LogP contribution in [0.5, 0.6) is 0 Å². The first-order chi connectivity index (χ1) is 15.7. The minimum absolute atomic E-state index is 0.287. The Morgan fingerprint density at radius 1 is 1.03 bits per heavy atom. The predicted octanol–water partition coefficient (Wildman–Crippen LogP) is 5.84. The lowest BCUT2D eigenvalue weighted by Crippen LogP contribution is -2.39. The maximum Gasteiger partial charge on any atom is 0.170 e. The standard InChI is InChI=1S/C26H26FN5/c1-15-16-7-9-17(10-8-16)19(15)11-22-23(27)24(18-5-3-2-4-6-18)32-26(31-22)21-13-29-25-20(21)12-28-14-30-25/h2-6,12-17,19H,7-11H2,1H3,(H,28,29,30)/t15-,16?,17?,19+/m0/s1. The molecule has 0 amide bonds. The van der Waals surface area contributed by atoms with Crippen molar-refractivity contribution in [2.45, 2.75) is 39.0 Å². The van der Waals surface area contributed by atoms with Gasteiger partial charge in [0.15, 0.2) is 11.6 Å². The van der Waals surface area contributed by atoms with Gasteiger partial charge in [-0.2, -0.15) is 0 Å². The van der Waals surface area contributed by atoms with Crippen LogP contribution < -0.4 is 0 Å². The van der Waals surface area contributed by atoms with Crippen LogP contribution in [0.25, 0.3) is 33.7 Å². The number of nitrogens with zero attached hydrogens (tertiary/aromatic N) is 4. The summed E-state index contributed by atoms with van der Waals surface area (Å²) in [6, 6.07) is 9.57. The third-order valence-electron chi connectivity index (χ3n) is 7.83. The molecule has 3 heterocycles. The minimum Gasteiger partial charge on any atom is -0.345 e. The molecule has 3 aliphatic carbocycles. The fraction of sp³-hybridized carbons (Fsp3) is 0.385. The monoisotopic (exact) mass is 427 g/mol. The lowest BCUT2D eigenvalue weighted by Gasteiger charge is -2.47. The van der Waals surface area contributed by atoms with Gasteiger partial charge in [0.1, 0.15) is 17.7 Å². The second-order valence-electron chi connectivity index (χ2n) is 9.41. The Hall–Kier alpha value is -3.15. The van der Waals surface area contributed by atoms with Crippen LogP contribution in [0.2, 0.25) is 0 Å². The van der Waals surface area contributed by atoms with Crippen molar-refractivity contribution in [3.05, 3.63) is 60.6 Å². The van der Waals surface area contributed by atoms with Gasteiger partial charge in [-0.05, 0) is 55.8 Å². The molecule has 0 saturated heterocycles. The van der Waals surface area contributed by atoms with E-state index < -0.39 is 0 Å². The zero-order valence-corrected chi connectivity index (χ0v) is 18.1. The van der Waals surface area contributed by atoms with Crippen LogP contribution in [0.1, 0.15) is 38.3 Å². The van der Waals surface area contributed by atoms with Crippen molar-refractivity contribution in [1.29, 1.82) is 0 Å². The van der Waals surface area contributed by atoms with Gasteiger partial charge in [-0.25, -0.2) is 24.3 Å². The molecule has 0 unspecified atom stereocenters. The quantitative estimate of drug-likeness (QED) is 0.445. The summed E-state index contributed by atoms with van der Waals surface area (Å²) in [6.45, 7) is 2.36. The maximum absolute atomic E-state index is 15.9. The minimum atomic E-state index is -0.287. The van der Waals surface area contributed by atoms with Gasteiger partial charge < -0.3 is 4.98 Å². The SMILES string of the molecule is C[C@H]1C2CCC(CC2)[C@@H]1Cc1nc(-c2c[nH]c3ncncc23)nc(-c2ccccc2)c1F. The van der Waals surface area contributed by atoms with Gasteiger partial charge in [0.25, 0.3) is 0 Å². The van der Waals surface area contributed by atoms with E-state index in [0.717, 1.165) is 28.1 Å². The smallest absolute Gasteiger partial charge is 0.170 e. The van der Waals surface area contributed by atoms with Gasteiger partial charge in [-0.3, -0.25) is 0 Å². The van der Waals surface area contributed by atoms with Crippen molar-refractivity contribution in [3.8, 4) is 22.6 Å². The molecule has 0 spiro atoms. The van der Waals surface area contributed by atoms with Crippen LogP contribution in [0.4, 0.5) is 4.39 Å². The van der Waals surface area contributed by atoms with E-state index in [9.17, 15) is 0 Å². The summed E-state index contributed by atoms with van der Waals surface area (Å²) in [6.07, 6.45) is 11.0. The number of nitrogens with one attached hydrogen (secondary N) is 1. The molecular weight excluding hydrogens is 401 g/mol. The molecule has 7 rings (SSSR count). The summed E-state index contributed by atoms with van der Waals surface area (Å²) in [7, 11) is 0. The average molecular weight is 428 g/mol. The second-order valence-corrected chi connectivity index (χ2v) is 9.41. The van der Waals surface area contributed by atoms with E-state index in [1.165, 1.54) is 32.0 Å². The highest BCUT2D eigenvalue weighted by Crippen LogP contribution is 2.50. The Bertz CT molecular complexity index is 1260. The van der Waals surface area contributed by atoms with Crippen molar-refractivity contribution < 1.29 is 4.39 Å². The lowest BCUT2D eigenvalue weighted by molar-refractivity contribution is 0.0334. The zero-order chi connectivity index (χ0) is 21.7. The predicted molar refractivity (Wildman–Crippen MR) is 122 cm³/mol. The van der Waals surface area contributed by atoms with E-state index in [1.54, 1.807) is 6.20 Å². The summed E-state index contributed by atoms with van der Waals surface area (Å²) in [4.78, 5) is 21.1. The molecule has 6 heteroatoms. The Kier molecular flexibility index (Phi) is 4.74. The molecule has 1 N–H and O–H groups in total. The number of hydrogen-bond acceptors (Lipinski definition) is 4. The van der Waals surface area contributed by atoms with Crippen LogP contribution in [-0.2, 0) is 6.42 Å². The number of aromatic nitrogens is 5. The fourth-order valence-corrected chi connectivity index (χ4v) is 6.04. The number of H-pyrrole nitrogens is 1. The molecule has 32 heavy (non-hydrogen) atoms. The van der Waals surface area contributed by atoms with Gasteiger partial charge in [0, 0.05) is 28.9 Å². The summed E-state index contributed by atoms with van der Waals surface area (Å²) < 4.78 is 15.9. The highest BCUT2D eigenvalue weighted by atomic mass is 19.1. The first-order valence-electron chi connectivity index (χ1n) is 11.6. The highest BCUT2D eigenvalue weighted by Gasteiger charge is 2.41. The molecule has 2 atom stereocenters. The van der Waals surface area contributed by atoms with E-state index in [0.29, 0.717) is 41.4 Å². The molecule has 162 valence electrons. The van der Waals surface area contributed by atoms with E-state index in [-0.39, 0.29) is 5.82 Å². The summed E-state index contributed by atoms with van der Waals surface area (Å²) in [5, 5.41) is 0.842.